The lowest BCUT2D eigenvalue weighted by Crippen LogP contribution is -2.19. The lowest BCUT2D eigenvalue weighted by atomic mass is 9.90. The van der Waals surface area contributed by atoms with Crippen LogP contribution in [0.15, 0.2) is 24.3 Å². The van der Waals surface area contributed by atoms with Gasteiger partial charge in [0.15, 0.2) is 0 Å². The third kappa shape index (κ3) is 4.73. The van der Waals surface area contributed by atoms with Crippen LogP contribution >= 0.6 is 11.6 Å². The summed E-state index contributed by atoms with van der Waals surface area (Å²) in [7, 11) is 0. The Kier molecular flexibility index (Phi) is 5.61. The number of carbonyl (C=O) groups is 2. The number of terminal acetylenes is 1. The van der Waals surface area contributed by atoms with Gasteiger partial charge in [-0.25, -0.2) is 0 Å². The van der Waals surface area contributed by atoms with Gasteiger partial charge in [-0.2, -0.15) is 0 Å². The summed E-state index contributed by atoms with van der Waals surface area (Å²) in [6, 6.07) is 7.29. The molecule has 0 amide bonds. The molecule has 2 nitrogen and oxygen atoms in total. The summed E-state index contributed by atoms with van der Waals surface area (Å²) in [4.78, 5) is 22.8. The minimum absolute atomic E-state index is 0.0417. The van der Waals surface area contributed by atoms with Crippen molar-refractivity contribution < 1.29 is 9.59 Å². The number of hydrogen-bond acceptors (Lipinski definition) is 2. The molecule has 1 aromatic rings. The summed E-state index contributed by atoms with van der Waals surface area (Å²) in [5, 5.41) is 0.655. The molecule has 0 aromatic heterocycles. The number of ketones is 2. The molecule has 1 rings (SSSR count). The molecule has 0 spiro atoms. The molecule has 1 unspecified atom stereocenters. The van der Waals surface area contributed by atoms with Crippen molar-refractivity contribution in [2.45, 2.75) is 26.2 Å². The van der Waals surface area contributed by atoms with Crippen molar-refractivity contribution in [2.24, 2.45) is 5.92 Å². The average Bonchev–Trinajstić information content (AvgIpc) is 2.30. The van der Waals surface area contributed by atoms with Crippen LogP contribution in [0, 0.1) is 18.3 Å². The molecule has 0 saturated heterocycles. The lowest BCUT2D eigenvalue weighted by Gasteiger charge is -2.12. The summed E-state index contributed by atoms with van der Waals surface area (Å²) < 4.78 is 0. The Bertz CT molecular complexity index is 468. The standard InChI is InChI=1S/C15H15ClO2/c1-3-4-13(15(18)9-11(2)17)10-12-5-7-14(16)8-6-12/h1,5-8,13H,4,9-10H2,2H3. The summed E-state index contributed by atoms with van der Waals surface area (Å²) in [5.74, 6) is 1.99. The molecule has 1 atom stereocenters. The number of Topliss-reactive ketones (excluding diaryl/α,β-unsaturated/α-hetero) is 2. The molecule has 0 aliphatic carbocycles. The van der Waals surface area contributed by atoms with Crippen molar-refractivity contribution in [2.75, 3.05) is 0 Å². The largest absolute Gasteiger partial charge is 0.300 e. The quantitative estimate of drug-likeness (QED) is 0.583. The first kappa shape index (κ1) is 14.5. The molecule has 0 bridgehead atoms. The van der Waals surface area contributed by atoms with Crippen LogP contribution in [0.25, 0.3) is 0 Å². The van der Waals surface area contributed by atoms with Crippen LogP contribution in [-0.2, 0) is 16.0 Å². The maximum atomic E-state index is 11.9. The first-order chi connectivity index (χ1) is 8.52. The first-order valence-electron chi connectivity index (χ1n) is 5.73. The number of rotatable bonds is 6. The van der Waals surface area contributed by atoms with Gasteiger partial charge in [0, 0.05) is 17.4 Å². The van der Waals surface area contributed by atoms with Gasteiger partial charge in [-0.05, 0) is 31.0 Å². The molecular weight excluding hydrogens is 248 g/mol. The Morgan fingerprint density at radius 3 is 2.44 bits per heavy atom. The molecule has 3 heteroatoms. The van der Waals surface area contributed by atoms with Crippen molar-refractivity contribution in [1.82, 2.24) is 0 Å². The van der Waals surface area contributed by atoms with Gasteiger partial charge in [0.05, 0.1) is 6.42 Å². The SMILES string of the molecule is C#CCC(Cc1ccc(Cl)cc1)C(=O)CC(C)=O. The van der Waals surface area contributed by atoms with Crippen molar-refractivity contribution in [3.63, 3.8) is 0 Å². The van der Waals surface area contributed by atoms with Gasteiger partial charge >= 0.3 is 0 Å². The Labute approximate surface area is 112 Å². The van der Waals surface area contributed by atoms with E-state index < -0.39 is 0 Å². The Balaban J connectivity index is 2.74. The molecule has 0 aliphatic heterocycles. The molecule has 0 radical (unpaired) electrons. The van der Waals surface area contributed by atoms with Gasteiger partial charge in [0.2, 0.25) is 0 Å². The van der Waals surface area contributed by atoms with Gasteiger partial charge in [0.1, 0.15) is 11.6 Å². The van der Waals surface area contributed by atoms with Gasteiger partial charge in [-0.15, -0.1) is 12.3 Å². The van der Waals surface area contributed by atoms with Crippen molar-refractivity contribution in [1.29, 1.82) is 0 Å². The predicted octanol–water partition coefficient (Wildman–Crippen LogP) is 3.07. The second-order valence-electron chi connectivity index (χ2n) is 4.28. The van der Waals surface area contributed by atoms with Gasteiger partial charge in [-0.1, -0.05) is 23.7 Å². The maximum Gasteiger partial charge on any atom is 0.144 e. The van der Waals surface area contributed by atoms with E-state index in [0.717, 1.165) is 5.56 Å². The highest BCUT2D eigenvalue weighted by atomic mass is 35.5. The molecule has 0 heterocycles. The smallest absolute Gasteiger partial charge is 0.144 e. The number of halogens is 1. The Morgan fingerprint density at radius 1 is 1.33 bits per heavy atom. The minimum Gasteiger partial charge on any atom is -0.300 e. The zero-order valence-corrected chi connectivity index (χ0v) is 11.0. The minimum atomic E-state index is -0.292. The van der Waals surface area contributed by atoms with E-state index in [0.29, 0.717) is 17.9 Å². The second kappa shape index (κ2) is 6.98. The molecule has 0 N–H and O–H groups in total. The summed E-state index contributed by atoms with van der Waals surface area (Å²) in [6.45, 7) is 1.41. The molecular formula is C15H15ClO2. The Morgan fingerprint density at radius 2 is 1.94 bits per heavy atom. The van der Waals surface area contributed by atoms with Gasteiger partial charge < -0.3 is 0 Å². The fourth-order valence-corrected chi connectivity index (χ4v) is 1.86. The molecule has 0 aliphatic rings. The number of benzene rings is 1. The third-order valence-electron chi connectivity index (χ3n) is 2.64. The van der Waals surface area contributed by atoms with E-state index in [4.69, 9.17) is 18.0 Å². The highest BCUT2D eigenvalue weighted by Crippen LogP contribution is 2.17. The monoisotopic (exact) mass is 262 g/mol. The summed E-state index contributed by atoms with van der Waals surface area (Å²) in [5.41, 5.74) is 0.997. The number of carbonyl (C=O) groups excluding carboxylic acids is 2. The van der Waals surface area contributed by atoms with E-state index >= 15 is 0 Å². The lowest BCUT2D eigenvalue weighted by molar-refractivity contribution is -0.128. The van der Waals surface area contributed by atoms with Crippen LogP contribution in [0.3, 0.4) is 0 Å². The van der Waals surface area contributed by atoms with Crippen molar-refractivity contribution in [3.05, 3.63) is 34.9 Å². The van der Waals surface area contributed by atoms with Gasteiger partial charge in [0.25, 0.3) is 0 Å². The first-order valence-corrected chi connectivity index (χ1v) is 6.10. The maximum absolute atomic E-state index is 11.9. The van der Waals surface area contributed by atoms with Crippen LogP contribution in [-0.4, -0.2) is 11.6 Å². The van der Waals surface area contributed by atoms with Gasteiger partial charge in [-0.3, -0.25) is 9.59 Å². The molecule has 94 valence electrons. The zero-order valence-electron chi connectivity index (χ0n) is 10.3. The highest BCUT2D eigenvalue weighted by Gasteiger charge is 2.19. The van der Waals surface area contributed by atoms with E-state index in [1.807, 2.05) is 12.1 Å². The van der Waals surface area contributed by atoms with E-state index in [1.54, 1.807) is 12.1 Å². The number of hydrogen-bond donors (Lipinski definition) is 0. The fourth-order valence-electron chi connectivity index (χ4n) is 1.74. The van der Waals surface area contributed by atoms with E-state index in [9.17, 15) is 9.59 Å². The van der Waals surface area contributed by atoms with Crippen LogP contribution in [0.5, 0.6) is 0 Å². The summed E-state index contributed by atoms with van der Waals surface area (Å²) in [6.07, 6.45) is 6.13. The van der Waals surface area contributed by atoms with Crippen molar-refractivity contribution >= 4 is 23.2 Å². The molecule has 0 saturated carbocycles. The fraction of sp³-hybridized carbons (Fsp3) is 0.333. The molecule has 18 heavy (non-hydrogen) atoms. The van der Waals surface area contributed by atoms with E-state index in [-0.39, 0.29) is 23.9 Å². The molecule has 0 fully saturated rings. The third-order valence-corrected chi connectivity index (χ3v) is 2.89. The summed E-state index contributed by atoms with van der Waals surface area (Å²) >= 11 is 5.80. The van der Waals surface area contributed by atoms with Crippen LogP contribution in [0.4, 0.5) is 0 Å². The topological polar surface area (TPSA) is 34.1 Å². The average molecular weight is 263 g/mol. The van der Waals surface area contributed by atoms with E-state index in [2.05, 4.69) is 5.92 Å². The Hall–Kier alpha value is -1.59. The van der Waals surface area contributed by atoms with E-state index in [1.165, 1.54) is 6.92 Å². The second-order valence-corrected chi connectivity index (χ2v) is 4.72. The highest BCUT2D eigenvalue weighted by molar-refractivity contribution is 6.30. The van der Waals surface area contributed by atoms with Crippen LogP contribution in [0.2, 0.25) is 5.02 Å². The molecule has 1 aromatic carbocycles. The van der Waals surface area contributed by atoms with Crippen LogP contribution < -0.4 is 0 Å². The zero-order chi connectivity index (χ0) is 13.5. The van der Waals surface area contributed by atoms with Crippen molar-refractivity contribution in [3.8, 4) is 12.3 Å². The normalized spacial score (nSPS) is 11.6. The van der Waals surface area contributed by atoms with Crippen LogP contribution in [0.1, 0.15) is 25.3 Å². The predicted molar refractivity (Wildman–Crippen MR) is 72.4 cm³/mol.